The number of nitrogens with zero attached hydrogens (tertiary/aromatic N) is 2. The van der Waals surface area contributed by atoms with E-state index in [0.717, 1.165) is 32.2 Å². The van der Waals surface area contributed by atoms with Crippen molar-refractivity contribution in [3.63, 3.8) is 0 Å². The quantitative estimate of drug-likeness (QED) is 0.816. The van der Waals surface area contributed by atoms with Gasteiger partial charge in [0.05, 0.1) is 5.92 Å². The van der Waals surface area contributed by atoms with Crippen LogP contribution in [0.15, 0.2) is 0 Å². The minimum Gasteiger partial charge on any atom is -0.369 e. The van der Waals surface area contributed by atoms with Crippen molar-refractivity contribution in [3.05, 3.63) is 0 Å². The Balaban J connectivity index is 1.87. The monoisotopic (exact) mass is 295 g/mol. The normalized spacial score (nSPS) is 24.0. The van der Waals surface area contributed by atoms with Crippen LogP contribution in [0.2, 0.25) is 0 Å². The molecule has 2 fully saturated rings. The van der Waals surface area contributed by atoms with Gasteiger partial charge in [-0.3, -0.25) is 14.4 Å². The molecule has 0 radical (unpaired) electrons. The zero-order valence-corrected chi connectivity index (χ0v) is 12.7. The summed E-state index contributed by atoms with van der Waals surface area (Å²) in [7, 11) is 0. The maximum atomic E-state index is 12.5. The van der Waals surface area contributed by atoms with Gasteiger partial charge in [0, 0.05) is 38.5 Å². The molecule has 2 heterocycles. The van der Waals surface area contributed by atoms with Gasteiger partial charge >= 0.3 is 0 Å². The lowest BCUT2D eigenvalue weighted by Gasteiger charge is -2.37. The van der Waals surface area contributed by atoms with Gasteiger partial charge < -0.3 is 15.5 Å². The molecule has 0 bridgehead atoms. The highest BCUT2D eigenvalue weighted by Gasteiger charge is 2.33. The molecule has 2 aliphatic rings. The molecule has 21 heavy (non-hydrogen) atoms. The highest BCUT2D eigenvalue weighted by Crippen LogP contribution is 2.24. The van der Waals surface area contributed by atoms with Crippen molar-refractivity contribution in [3.8, 4) is 0 Å². The van der Waals surface area contributed by atoms with Crippen molar-refractivity contribution in [1.29, 1.82) is 0 Å². The molecule has 2 N–H and O–H groups in total. The average molecular weight is 295 g/mol. The summed E-state index contributed by atoms with van der Waals surface area (Å²) in [6.45, 7) is 4.36. The topological polar surface area (TPSA) is 83.7 Å². The molecule has 2 saturated heterocycles. The molecule has 2 aliphatic heterocycles. The Morgan fingerprint density at radius 3 is 2.24 bits per heavy atom. The largest absolute Gasteiger partial charge is 0.369 e. The molecule has 1 atom stereocenters. The second kappa shape index (κ2) is 6.91. The molecule has 0 aromatic carbocycles. The number of hydrogen-bond acceptors (Lipinski definition) is 3. The Bertz CT molecular complexity index is 416. The second-order valence-corrected chi connectivity index (χ2v) is 6.03. The van der Waals surface area contributed by atoms with Gasteiger partial charge in [0.2, 0.25) is 17.7 Å². The van der Waals surface area contributed by atoms with Gasteiger partial charge in [-0.25, -0.2) is 0 Å². The first-order chi connectivity index (χ1) is 10.0. The van der Waals surface area contributed by atoms with Crippen LogP contribution in [0.5, 0.6) is 0 Å². The van der Waals surface area contributed by atoms with Crippen LogP contribution in [-0.4, -0.2) is 53.7 Å². The Labute approximate surface area is 125 Å². The molecule has 3 amide bonds. The van der Waals surface area contributed by atoms with E-state index < -0.39 is 0 Å². The van der Waals surface area contributed by atoms with Gasteiger partial charge in [-0.2, -0.15) is 0 Å². The second-order valence-electron chi connectivity index (χ2n) is 6.03. The van der Waals surface area contributed by atoms with Gasteiger partial charge in [-0.05, 0) is 25.7 Å². The first-order valence-corrected chi connectivity index (χ1v) is 7.88. The zero-order valence-electron chi connectivity index (χ0n) is 12.7. The van der Waals surface area contributed by atoms with Crippen molar-refractivity contribution < 1.29 is 14.4 Å². The molecule has 118 valence electrons. The maximum absolute atomic E-state index is 12.5. The summed E-state index contributed by atoms with van der Waals surface area (Å²) in [5.74, 6) is -0.241. The first kappa shape index (κ1) is 15.8. The lowest BCUT2D eigenvalue weighted by Crippen LogP contribution is -2.48. The molecule has 6 nitrogen and oxygen atoms in total. The van der Waals surface area contributed by atoms with Crippen LogP contribution < -0.4 is 5.73 Å². The third-order valence-electron chi connectivity index (χ3n) is 4.63. The molecule has 2 rings (SSSR count). The Hall–Kier alpha value is -1.59. The molecule has 0 aromatic rings. The third kappa shape index (κ3) is 3.74. The van der Waals surface area contributed by atoms with Gasteiger partial charge in [-0.15, -0.1) is 0 Å². The summed E-state index contributed by atoms with van der Waals surface area (Å²) < 4.78 is 0. The Morgan fingerprint density at radius 2 is 1.67 bits per heavy atom. The van der Waals surface area contributed by atoms with Crippen LogP contribution in [0.3, 0.4) is 0 Å². The number of primary amides is 1. The van der Waals surface area contributed by atoms with Crippen molar-refractivity contribution in [2.75, 3.05) is 26.2 Å². The van der Waals surface area contributed by atoms with Crippen molar-refractivity contribution >= 4 is 17.7 Å². The smallest absolute Gasteiger partial charge is 0.225 e. The SMILES string of the molecule is CCC(=O)N1CCC(C(=O)N2CCCC(C(N)=O)C2)CC1. The maximum Gasteiger partial charge on any atom is 0.225 e. The van der Waals surface area contributed by atoms with Crippen LogP contribution in [0.25, 0.3) is 0 Å². The van der Waals surface area contributed by atoms with Crippen molar-refractivity contribution in [2.45, 2.75) is 39.0 Å². The molecular weight excluding hydrogens is 270 g/mol. The Morgan fingerprint density at radius 1 is 1.00 bits per heavy atom. The van der Waals surface area contributed by atoms with Gasteiger partial charge in [0.25, 0.3) is 0 Å². The van der Waals surface area contributed by atoms with E-state index in [-0.39, 0.29) is 29.6 Å². The summed E-state index contributed by atoms with van der Waals surface area (Å²) in [4.78, 5) is 39.1. The fourth-order valence-electron chi connectivity index (χ4n) is 3.27. The predicted octanol–water partition coefficient (Wildman–Crippen LogP) is 0.359. The fraction of sp³-hybridized carbons (Fsp3) is 0.800. The molecule has 0 aromatic heterocycles. The number of rotatable bonds is 3. The molecule has 0 saturated carbocycles. The average Bonchev–Trinajstić information content (AvgIpc) is 2.53. The number of piperidine rings is 2. The lowest BCUT2D eigenvalue weighted by atomic mass is 9.92. The van der Waals surface area contributed by atoms with E-state index in [1.807, 2.05) is 11.8 Å². The summed E-state index contributed by atoms with van der Waals surface area (Å²) in [6, 6.07) is 0. The summed E-state index contributed by atoms with van der Waals surface area (Å²) in [5, 5.41) is 0. The van der Waals surface area contributed by atoms with Gasteiger partial charge in [0.15, 0.2) is 0 Å². The number of carbonyl (C=O) groups is 3. The highest BCUT2D eigenvalue weighted by molar-refractivity contribution is 5.82. The van der Waals surface area contributed by atoms with Crippen molar-refractivity contribution in [2.24, 2.45) is 17.6 Å². The van der Waals surface area contributed by atoms with Crippen LogP contribution in [0.1, 0.15) is 39.0 Å². The number of carbonyl (C=O) groups excluding carboxylic acids is 3. The number of hydrogen-bond donors (Lipinski definition) is 1. The van der Waals surface area contributed by atoms with E-state index in [9.17, 15) is 14.4 Å². The van der Waals surface area contributed by atoms with Crippen LogP contribution in [0.4, 0.5) is 0 Å². The van der Waals surface area contributed by atoms with E-state index >= 15 is 0 Å². The summed E-state index contributed by atoms with van der Waals surface area (Å²) in [5.41, 5.74) is 5.35. The number of nitrogens with two attached hydrogens (primary N) is 1. The highest BCUT2D eigenvalue weighted by atomic mass is 16.2. The van der Waals surface area contributed by atoms with E-state index in [1.165, 1.54) is 0 Å². The molecule has 0 aliphatic carbocycles. The van der Waals surface area contributed by atoms with Crippen LogP contribution >= 0.6 is 0 Å². The summed E-state index contributed by atoms with van der Waals surface area (Å²) in [6.07, 6.45) is 3.59. The van der Waals surface area contributed by atoms with Gasteiger partial charge in [0.1, 0.15) is 0 Å². The first-order valence-electron chi connectivity index (χ1n) is 7.88. The van der Waals surface area contributed by atoms with Crippen molar-refractivity contribution in [1.82, 2.24) is 9.80 Å². The third-order valence-corrected chi connectivity index (χ3v) is 4.63. The van der Waals surface area contributed by atoms with E-state index in [4.69, 9.17) is 5.73 Å². The van der Waals surface area contributed by atoms with E-state index in [0.29, 0.717) is 26.1 Å². The van der Waals surface area contributed by atoms with Crippen LogP contribution in [0, 0.1) is 11.8 Å². The molecular formula is C15H25N3O3. The number of likely N-dealkylation sites (tertiary alicyclic amines) is 2. The number of amides is 3. The predicted molar refractivity (Wildman–Crippen MR) is 78.1 cm³/mol. The molecule has 1 unspecified atom stereocenters. The molecule has 6 heteroatoms. The minimum absolute atomic E-state index is 0.0162. The zero-order chi connectivity index (χ0) is 15.4. The minimum atomic E-state index is -0.309. The lowest BCUT2D eigenvalue weighted by molar-refractivity contribution is -0.143. The van der Waals surface area contributed by atoms with E-state index in [1.54, 1.807) is 4.90 Å². The van der Waals surface area contributed by atoms with Crippen LogP contribution in [-0.2, 0) is 14.4 Å². The summed E-state index contributed by atoms with van der Waals surface area (Å²) >= 11 is 0. The standard InChI is InChI=1S/C15H25N3O3/c1-2-13(19)17-8-5-11(6-9-17)15(21)18-7-3-4-12(10-18)14(16)20/h11-12H,2-10H2,1H3,(H2,16,20). The fourth-order valence-corrected chi connectivity index (χ4v) is 3.27. The molecule has 0 spiro atoms. The van der Waals surface area contributed by atoms with E-state index in [2.05, 4.69) is 0 Å². The Kier molecular flexibility index (Phi) is 5.20. The van der Waals surface area contributed by atoms with Gasteiger partial charge in [-0.1, -0.05) is 6.92 Å².